The Morgan fingerprint density at radius 2 is 2.08 bits per heavy atom. The number of hydrogen-bond donors (Lipinski definition) is 1. The third kappa shape index (κ3) is 3.26. The summed E-state index contributed by atoms with van der Waals surface area (Å²) in [4.78, 5) is 27.0. The zero-order valence-electron chi connectivity index (χ0n) is 14.4. The van der Waals surface area contributed by atoms with E-state index in [2.05, 4.69) is 20.4 Å². The smallest absolute Gasteiger partial charge is 0.291 e. The molecular formula is C17H20N6OS. The van der Waals surface area contributed by atoms with Crippen molar-refractivity contribution in [3.8, 4) is 0 Å². The first kappa shape index (κ1) is 16.1. The zero-order chi connectivity index (χ0) is 17.4. The Morgan fingerprint density at radius 3 is 2.92 bits per heavy atom. The van der Waals surface area contributed by atoms with Crippen LogP contribution in [0.1, 0.15) is 50.4 Å². The van der Waals surface area contributed by atoms with Crippen LogP contribution in [0.25, 0.3) is 5.78 Å². The molecule has 0 unspecified atom stereocenters. The van der Waals surface area contributed by atoms with E-state index < -0.39 is 0 Å². The summed E-state index contributed by atoms with van der Waals surface area (Å²) in [5, 5.41) is 8.23. The van der Waals surface area contributed by atoms with Crippen LogP contribution >= 0.6 is 11.3 Å². The summed E-state index contributed by atoms with van der Waals surface area (Å²) in [5.74, 6) is 0.332. The number of fused-ring (bicyclic) bond motifs is 2. The van der Waals surface area contributed by atoms with E-state index in [0.717, 1.165) is 35.7 Å². The van der Waals surface area contributed by atoms with Gasteiger partial charge in [0, 0.05) is 29.2 Å². The van der Waals surface area contributed by atoms with Crippen LogP contribution in [0.3, 0.4) is 0 Å². The molecule has 7 nitrogen and oxygen atoms in total. The maximum absolute atomic E-state index is 12.3. The summed E-state index contributed by atoms with van der Waals surface area (Å²) in [6, 6.07) is 1.91. The van der Waals surface area contributed by atoms with Crippen molar-refractivity contribution in [1.82, 2.24) is 29.9 Å². The second kappa shape index (κ2) is 6.51. The van der Waals surface area contributed by atoms with Gasteiger partial charge >= 0.3 is 0 Å². The van der Waals surface area contributed by atoms with Gasteiger partial charge in [-0.1, -0.05) is 0 Å². The Bertz CT molecular complexity index is 921. The molecule has 3 heterocycles. The van der Waals surface area contributed by atoms with E-state index in [4.69, 9.17) is 4.98 Å². The summed E-state index contributed by atoms with van der Waals surface area (Å²) in [6.45, 7) is 4.35. The fraction of sp³-hybridized carbons (Fsp3) is 0.471. The van der Waals surface area contributed by atoms with Gasteiger partial charge in [0.05, 0.1) is 10.7 Å². The minimum atomic E-state index is -0.274. The van der Waals surface area contributed by atoms with E-state index in [0.29, 0.717) is 12.3 Å². The number of hydrogen-bond acceptors (Lipinski definition) is 6. The van der Waals surface area contributed by atoms with Crippen LogP contribution in [-0.2, 0) is 19.3 Å². The quantitative estimate of drug-likeness (QED) is 0.773. The molecule has 130 valence electrons. The maximum Gasteiger partial charge on any atom is 0.291 e. The fourth-order valence-electron chi connectivity index (χ4n) is 3.14. The highest BCUT2D eigenvalue weighted by atomic mass is 32.1. The maximum atomic E-state index is 12.3. The molecule has 1 aliphatic rings. The van der Waals surface area contributed by atoms with E-state index in [9.17, 15) is 4.79 Å². The summed E-state index contributed by atoms with van der Waals surface area (Å²) in [5.41, 5.74) is 3.02. The molecule has 0 atom stereocenters. The number of aryl methyl sites for hydroxylation is 4. The Balaban J connectivity index is 1.40. The monoisotopic (exact) mass is 356 g/mol. The van der Waals surface area contributed by atoms with Crippen molar-refractivity contribution in [2.45, 2.75) is 46.0 Å². The predicted octanol–water partition coefficient (Wildman–Crippen LogP) is 2.05. The second-order valence-electron chi connectivity index (χ2n) is 6.38. The topological polar surface area (TPSA) is 85.1 Å². The summed E-state index contributed by atoms with van der Waals surface area (Å²) in [7, 11) is 0. The van der Waals surface area contributed by atoms with Crippen LogP contribution in [0, 0.1) is 13.8 Å². The molecule has 0 radical (unpaired) electrons. The van der Waals surface area contributed by atoms with E-state index in [1.165, 1.54) is 23.4 Å². The molecule has 0 bridgehead atoms. The van der Waals surface area contributed by atoms with Gasteiger partial charge in [-0.15, -0.1) is 16.4 Å². The van der Waals surface area contributed by atoms with Gasteiger partial charge in [-0.2, -0.15) is 4.98 Å². The largest absolute Gasteiger partial charge is 0.349 e. The molecular weight excluding hydrogens is 336 g/mol. The van der Waals surface area contributed by atoms with Crippen LogP contribution in [0.2, 0.25) is 0 Å². The lowest BCUT2D eigenvalue weighted by Crippen LogP contribution is -2.26. The SMILES string of the molecule is Cc1cc(C)n2nc(C(=O)NCCc3nc4c(s3)CCCC4)nc2n1. The molecule has 0 saturated carbocycles. The summed E-state index contributed by atoms with van der Waals surface area (Å²) >= 11 is 1.78. The Kier molecular flexibility index (Phi) is 4.20. The number of rotatable bonds is 4. The molecule has 0 saturated heterocycles. The van der Waals surface area contributed by atoms with Gasteiger partial charge in [0.2, 0.25) is 5.82 Å². The average Bonchev–Trinajstić information content (AvgIpc) is 3.18. The fourth-order valence-corrected chi connectivity index (χ4v) is 4.29. The number of carbonyl (C=O) groups is 1. The Hall–Kier alpha value is -2.35. The molecule has 0 aliphatic heterocycles. The van der Waals surface area contributed by atoms with Gasteiger partial charge in [-0.3, -0.25) is 4.79 Å². The van der Waals surface area contributed by atoms with Gasteiger partial charge < -0.3 is 5.32 Å². The van der Waals surface area contributed by atoms with E-state index in [-0.39, 0.29) is 11.7 Å². The van der Waals surface area contributed by atoms with Gasteiger partial charge in [0.1, 0.15) is 0 Å². The molecule has 1 N–H and O–H groups in total. The number of nitrogens with zero attached hydrogens (tertiary/aromatic N) is 5. The number of aromatic nitrogens is 5. The molecule has 0 aromatic carbocycles. The zero-order valence-corrected chi connectivity index (χ0v) is 15.2. The van der Waals surface area contributed by atoms with Crippen LogP contribution in [0.4, 0.5) is 0 Å². The second-order valence-corrected chi connectivity index (χ2v) is 7.54. The number of nitrogens with one attached hydrogen (secondary N) is 1. The molecule has 3 aromatic rings. The minimum absolute atomic E-state index is 0.152. The van der Waals surface area contributed by atoms with Gasteiger partial charge in [0.15, 0.2) is 0 Å². The standard InChI is InChI=1S/C17H20N6OS/c1-10-9-11(2)23-17(19-10)21-15(22-23)16(24)18-8-7-14-20-12-5-3-4-6-13(12)25-14/h9H,3-8H2,1-2H3,(H,18,24). The van der Waals surface area contributed by atoms with Crippen molar-refractivity contribution in [1.29, 1.82) is 0 Å². The average molecular weight is 356 g/mol. The molecule has 1 amide bonds. The molecule has 1 aliphatic carbocycles. The van der Waals surface area contributed by atoms with Gasteiger partial charge in [-0.05, 0) is 45.6 Å². The highest BCUT2D eigenvalue weighted by molar-refractivity contribution is 7.11. The number of amides is 1. The lowest BCUT2D eigenvalue weighted by molar-refractivity contribution is 0.0944. The molecule has 3 aromatic heterocycles. The van der Waals surface area contributed by atoms with Crippen LogP contribution < -0.4 is 5.32 Å². The third-order valence-electron chi connectivity index (χ3n) is 4.34. The normalized spacial score (nSPS) is 13.8. The highest BCUT2D eigenvalue weighted by Crippen LogP contribution is 2.26. The van der Waals surface area contributed by atoms with E-state index in [1.807, 2.05) is 19.9 Å². The predicted molar refractivity (Wildman–Crippen MR) is 95.0 cm³/mol. The lowest BCUT2D eigenvalue weighted by Gasteiger charge is -2.06. The van der Waals surface area contributed by atoms with Crippen molar-refractivity contribution >= 4 is 23.0 Å². The highest BCUT2D eigenvalue weighted by Gasteiger charge is 2.17. The summed E-state index contributed by atoms with van der Waals surface area (Å²) < 4.78 is 1.59. The lowest BCUT2D eigenvalue weighted by atomic mass is 10.0. The Labute approximate surface area is 149 Å². The number of thiazole rings is 1. The van der Waals surface area contributed by atoms with Crippen molar-refractivity contribution < 1.29 is 4.79 Å². The van der Waals surface area contributed by atoms with E-state index >= 15 is 0 Å². The van der Waals surface area contributed by atoms with Crippen LogP contribution in [0.5, 0.6) is 0 Å². The third-order valence-corrected chi connectivity index (χ3v) is 5.55. The van der Waals surface area contributed by atoms with Gasteiger partial charge in [0.25, 0.3) is 11.7 Å². The molecule has 4 rings (SSSR count). The van der Waals surface area contributed by atoms with Crippen LogP contribution in [0.15, 0.2) is 6.07 Å². The van der Waals surface area contributed by atoms with Crippen molar-refractivity contribution in [2.75, 3.05) is 6.54 Å². The first-order valence-electron chi connectivity index (χ1n) is 8.57. The first-order chi connectivity index (χ1) is 12.1. The van der Waals surface area contributed by atoms with Crippen molar-refractivity contribution in [3.63, 3.8) is 0 Å². The Morgan fingerprint density at radius 1 is 1.24 bits per heavy atom. The van der Waals surface area contributed by atoms with Crippen molar-refractivity contribution in [3.05, 3.63) is 38.9 Å². The minimum Gasteiger partial charge on any atom is -0.349 e. The number of carbonyl (C=O) groups excluding carboxylic acids is 1. The first-order valence-corrected chi connectivity index (χ1v) is 9.38. The van der Waals surface area contributed by atoms with E-state index in [1.54, 1.807) is 15.9 Å². The summed E-state index contributed by atoms with van der Waals surface area (Å²) in [6.07, 6.45) is 5.48. The van der Waals surface area contributed by atoms with Crippen LogP contribution in [-0.4, -0.2) is 37.0 Å². The molecule has 25 heavy (non-hydrogen) atoms. The van der Waals surface area contributed by atoms with Gasteiger partial charge in [-0.25, -0.2) is 14.5 Å². The van der Waals surface area contributed by atoms with Crippen molar-refractivity contribution in [2.24, 2.45) is 0 Å². The molecule has 0 fully saturated rings. The molecule has 8 heteroatoms. The molecule has 0 spiro atoms.